The van der Waals surface area contributed by atoms with Crippen molar-refractivity contribution < 1.29 is 4.79 Å². The van der Waals surface area contributed by atoms with Crippen LogP contribution in [0.1, 0.15) is 82.0 Å². The van der Waals surface area contributed by atoms with E-state index in [9.17, 15) is 4.79 Å². The Hall–Kier alpha value is -1.59. The maximum atomic E-state index is 13.1. The van der Waals surface area contributed by atoms with Gasteiger partial charge in [-0.15, -0.1) is 11.3 Å². The molecule has 30 heavy (non-hydrogen) atoms. The predicted molar refractivity (Wildman–Crippen MR) is 134 cm³/mol. The molecule has 3 N–H and O–H groups in total. The molecular weight excluding hydrogens is 390 g/mol. The van der Waals surface area contributed by atoms with E-state index in [1.807, 2.05) is 7.05 Å². The average Bonchev–Trinajstić information content (AvgIpc) is 3.08. The van der Waals surface area contributed by atoms with Gasteiger partial charge in [-0.05, 0) is 57.2 Å². The lowest BCUT2D eigenvalue weighted by molar-refractivity contribution is -0.123. The van der Waals surface area contributed by atoms with E-state index in [0.717, 1.165) is 37.8 Å². The van der Waals surface area contributed by atoms with Crippen LogP contribution in [0.5, 0.6) is 0 Å². The van der Waals surface area contributed by atoms with Gasteiger partial charge in [-0.3, -0.25) is 4.79 Å². The molecule has 5 heteroatoms. The quantitative estimate of drug-likeness (QED) is 0.351. The van der Waals surface area contributed by atoms with Gasteiger partial charge in [0.1, 0.15) is 6.04 Å². The first kappa shape index (κ1) is 26.4. The number of carbonyl (C=O) groups excluding carboxylic acids is 1. The molecule has 0 spiro atoms. The summed E-state index contributed by atoms with van der Waals surface area (Å²) in [7, 11) is 1.96. The Morgan fingerprint density at radius 1 is 1.20 bits per heavy atom. The number of allylic oxidation sites excluding steroid dienone is 2. The van der Waals surface area contributed by atoms with Crippen LogP contribution in [-0.4, -0.2) is 31.6 Å². The van der Waals surface area contributed by atoms with Crippen LogP contribution < -0.4 is 16.0 Å². The Balaban J connectivity index is 3.00. The summed E-state index contributed by atoms with van der Waals surface area (Å²) in [5, 5.41) is 10.1. The normalized spacial score (nSPS) is 14.3. The summed E-state index contributed by atoms with van der Waals surface area (Å²) >= 11 is 1.79. The van der Waals surface area contributed by atoms with Crippen molar-refractivity contribution in [3.63, 3.8) is 0 Å². The van der Waals surface area contributed by atoms with Crippen LogP contribution in [0.2, 0.25) is 0 Å². The van der Waals surface area contributed by atoms with E-state index in [0.29, 0.717) is 18.5 Å². The van der Waals surface area contributed by atoms with Crippen molar-refractivity contribution in [1.82, 2.24) is 16.0 Å². The summed E-state index contributed by atoms with van der Waals surface area (Å²) in [6.07, 6.45) is 11.5. The van der Waals surface area contributed by atoms with Gasteiger partial charge in [-0.2, -0.15) is 0 Å². The molecule has 0 bridgehead atoms. The molecule has 0 aliphatic carbocycles. The number of carbonyl (C=O) groups is 1. The van der Waals surface area contributed by atoms with Gasteiger partial charge >= 0.3 is 0 Å². The van der Waals surface area contributed by atoms with Crippen molar-refractivity contribution in [1.29, 1.82) is 0 Å². The Morgan fingerprint density at radius 2 is 1.93 bits per heavy atom. The van der Waals surface area contributed by atoms with Crippen LogP contribution in [0, 0.1) is 12.8 Å². The SMILES string of the molecule is CC/C=C\c1cc(/C(=C\CC)NC(CC(C)C)C(=O)NCC(CCC)NC)sc1C. The number of hydrogen-bond donors (Lipinski definition) is 3. The molecule has 1 aromatic heterocycles. The van der Waals surface area contributed by atoms with E-state index in [1.54, 1.807) is 11.3 Å². The van der Waals surface area contributed by atoms with E-state index in [2.05, 4.69) is 81.8 Å². The highest BCUT2D eigenvalue weighted by Gasteiger charge is 2.22. The van der Waals surface area contributed by atoms with Gasteiger partial charge in [0.05, 0.1) is 4.88 Å². The lowest BCUT2D eigenvalue weighted by Gasteiger charge is -2.24. The summed E-state index contributed by atoms with van der Waals surface area (Å²) in [5.74, 6) is 0.515. The van der Waals surface area contributed by atoms with Crippen LogP contribution in [0.4, 0.5) is 0 Å². The number of aryl methyl sites for hydroxylation is 1. The monoisotopic (exact) mass is 433 g/mol. The number of nitrogens with one attached hydrogen (secondary N) is 3. The molecule has 170 valence electrons. The van der Waals surface area contributed by atoms with E-state index in [-0.39, 0.29) is 11.9 Å². The average molecular weight is 434 g/mol. The maximum Gasteiger partial charge on any atom is 0.242 e. The summed E-state index contributed by atoms with van der Waals surface area (Å²) in [6, 6.07) is 2.32. The standard InChI is InChI=1S/C25H43N3OS/c1-8-11-14-20-16-24(30-19(20)6)22(13-10-3)28-23(15-18(4)5)25(29)27-17-21(26-7)12-9-2/h11,13-14,16,18,21,23,26,28H,8-10,12,15,17H2,1-7H3,(H,27,29)/b14-11-,22-13+. The number of thiophene rings is 1. The third-order valence-corrected chi connectivity index (χ3v) is 6.18. The molecule has 0 saturated heterocycles. The molecule has 1 rings (SSSR count). The summed E-state index contributed by atoms with van der Waals surface area (Å²) in [6.45, 7) is 13.6. The molecule has 1 amide bonds. The van der Waals surface area contributed by atoms with E-state index in [4.69, 9.17) is 0 Å². The van der Waals surface area contributed by atoms with Crippen molar-refractivity contribution >= 4 is 29.0 Å². The number of amides is 1. The van der Waals surface area contributed by atoms with Crippen LogP contribution in [-0.2, 0) is 4.79 Å². The second kappa shape index (κ2) is 14.4. The molecular formula is C25H43N3OS. The minimum Gasteiger partial charge on any atom is -0.373 e. The molecule has 4 nitrogen and oxygen atoms in total. The first-order valence-electron chi connectivity index (χ1n) is 11.5. The third kappa shape index (κ3) is 9.05. The molecule has 0 aliphatic heterocycles. The van der Waals surface area contributed by atoms with Gasteiger partial charge in [0.25, 0.3) is 0 Å². The zero-order valence-electron chi connectivity index (χ0n) is 20.1. The zero-order valence-corrected chi connectivity index (χ0v) is 20.9. The summed E-state index contributed by atoms with van der Waals surface area (Å²) < 4.78 is 0. The van der Waals surface area contributed by atoms with Crippen molar-refractivity contribution in [3.8, 4) is 0 Å². The minimum absolute atomic E-state index is 0.0847. The second-order valence-corrected chi connectivity index (χ2v) is 9.56. The molecule has 1 aromatic rings. The first-order valence-corrected chi connectivity index (χ1v) is 12.4. The summed E-state index contributed by atoms with van der Waals surface area (Å²) in [5.41, 5.74) is 2.34. The Bertz CT molecular complexity index is 691. The highest BCUT2D eigenvalue weighted by atomic mass is 32.1. The van der Waals surface area contributed by atoms with Crippen molar-refractivity contribution in [2.75, 3.05) is 13.6 Å². The van der Waals surface area contributed by atoms with E-state index < -0.39 is 0 Å². The van der Waals surface area contributed by atoms with Gasteiger partial charge in [0.2, 0.25) is 5.91 Å². The highest BCUT2D eigenvalue weighted by molar-refractivity contribution is 7.13. The smallest absolute Gasteiger partial charge is 0.242 e. The predicted octanol–water partition coefficient (Wildman–Crippen LogP) is 5.74. The van der Waals surface area contributed by atoms with Crippen LogP contribution in [0.25, 0.3) is 11.8 Å². The lowest BCUT2D eigenvalue weighted by Crippen LogP contribution is -2.48. The Labute approximate surface area is 188 Å². The van der Waals surface area contributed by atoms with Crippen LogP contribution in [0.3, 0.4) is 0 Å². The number of rotatable bonds is 14. The van der Waals surface area contributed by atoms with Gasteiger partial charge in [0.15, 0.2) is 0 Å². The summed E-state index contributed by atoms with van der Waals surface area (Å²) in [4.78, 5) is 15.6. The molecule has 1 heterocycles. The molecule has 0 fully saturated rings. The fourth-order valence-corrected chi connectivity index (χ4v) is 4.42. The number of likely N-dealkylation sites (N-methyl/N-ethyl adjacent to an activating group) is 1. The highest BCUT2D eigenvalue weighted by Crippen LogP contribution is 2.28. The molecule has 0 aliphatic rings. The molecule has 2 atom stereocenters. The first-order chi connectivity index (χ1) is 14.4. The van der Waals surface area contributed by atoms with Crippen molar-refractivity contribution in [2.45, 2.75) is 85.7 Å². The van der Waals surface area contributed by atoms with Crippen molar-refractivity contribution in [3.05, 3.63) is 33.5 Å². The molecule has 0 saturated carbocycles. The molecule has 2 unspecified atom stereocenters. The topological polar surface area (TPSA) is 53.2 Å². The van der Waals surface area contributed by atoms with Crippen molar-refractivity contribution in [2.24, 2.45) is 5.92 Å². The molecule has 0 radical (unpaired) electrons. The largest absolute Gasteiger partial charge is 0.373 e. The van der Waals surface area contributed by atoms with Gasteiger partial charge in [0, 0.05) is 23.2 Å². The van der Waals surface area contributed by atoms with Gasteiger partial charge in [-0.1, -0.05) is 59.3 Å². The fourth-order valence-electron chi connectivity index (χ4n) is 3.41. The lowest BCUT2D eigenvalue weighted by atomic mass is 10.0. The molecule has 0 aromatic carbocycles. The fraction of sp³-hybridized carbons (Fsp3) is 0.640. The second-order valence-electron chi connectivity index (χ2n) is 8.30. The van der Waals surface area contributed by atoms with E-state index >= 15 is 0 Å². The zero-order chi connectivity index (χ0) is 22.5. The van der Waals surface area contributed by atoms with Crippen LogP contribution >= 0.6 is 11.3 Å². The maximum absolute atomic E-state index is 13.1. The Kier molecular flexibility index (Phi) is 12.7. The number of hydrogen-bond acceptors (Lipinski definition) is 4. The van der Waals surface area contributed by atoms with Gasteiger partial charge in [-0.25, -0.2) is 0 Å². The van der Waals surface area contributed by atoms with Gasteiger partial charge < -0.3 is 16.0 Å². The third-order valence-electron chi connectivity index (χ3n) is 5.08. The van der Waals surface area contributed by atoms with E-state index in [1.165, 1.54) is 15.3 Å². The minimum atomic E-state index is -0.237. The Morgan fingerprint density at radius 3 is 2.50 bits per heavy atom. The van der Waals surface area contributed by atoms with Crippen LogP contribution in [0.15, 0.2) is 18.2 Å².